The molecule has 7 heteroatoms. The number of hydrogen-bond donors (Lipinski definition) is 4. The largest absolute Gasteiger partial charge is 0.387 e. The Kier molecular flexibility index (Phi) is 8.17. The highest BCUT2D eigenvalue weighted by molar-refractivity contribution is 6.31. The summed E-state index contributed by atoms with van der Waals surface area (Å²) >= 11 is 6.13. The molecule has 1 heterocycles. The normalized spacial score (nSPS) is 10.5. The molecule has 33 heavy (non-hydrogen) atoms. The predicted molar refractivity (Wildman–Crippen MR) is 135 cm³/mol. The first kappa shape index (κ1) is 24.0. The zero-order valence-corrected chi connectivity index (χ0v) is 19.0. The summed E-state index contributed by atoms with van der Waals surface area (Å²) in [6.45, 7) is 0. The zero-order valence-electron chi connectivity index (χ0n) is 18.2. The molecule has 0 atom stereocenters. The van der Waals surface area contributed by atoms with Crippen LogP contribution in [0.15, 0.2) is 48.7 Å². The summed E-state index contributed by atoms with van der Waals surface area (Å²) in [4.78, 5) is 16.7. The van der Waals surface area contributed by atoms with Gasteiger partial charge in [-0.2, -0.15) is 0 Å². The van der Waals surface area contributed by atoms with E-state index < -0.39 is 0 Å². The summed E-state index contributed by atoms with van der Waals surface area (Å²) in [5.74, 6) is 6.65. The molecule has 0 aliphatic carbocycles. The van der Waals surface area contributed by atoms with Crippen LogP contribution in [0.1, 0.15) is 60.0 Å². The maximum atomic E-state index is 12.4. The SMILES string of the molecule is N=C(N)CC(=N)CCCCCC(=O)c1ccc(C#Cc2c(N)ncc3ccc(Cl)cc23)cc1. The number of rotatable bonds is 9. The van der Waals surface area contributed by atoms with E-state index in [9.17, 15) is 4.79 Å². The predicted octanol–water partition coefficient (Wildman–Crippen LogP) is 5.35. The molecule has 0 aliphatic rings. The third-order valence-electron chi connectivity index (χ3n) is 5.21. The Morgan fingerprint density at radius 3 is 2.45 bits per heavy atom. The van der Waals surface area contributed by atoms with Crippen molar-refractivity contribution in [2.45, 2.75) is 38.5 Å². The second kappa shape index (κ2) is 11.3. The lowest BCUT2D eigenvalue weighted by atomic mass is 10.0. The van der Waals surface area contributed by atoms with E-state index in [2.05, 4.69) is 16.8 Å². The number of nitrogens with one attached hydrogen (secondary N) is 2. The molecule has 168 valence electrons. The molecule has 2 aromatic carbocycles. The summed E-state index contributed by atoms with van der Waals surface area (Å²) in [6.07, 6.45) is 5.46. The molecule has 1 aromatic heterocycles. The molecule has 0 fully saturated rings. The average Bonchev–Trinajstić information content (AvgIpc) is 2.78. The maximum Gasteiger partial charge on any atom is 0.162 e. The van der Waals surface area contributed by atoms with Crippen LogP contribution in [0.2, 0.25) is 5.02 Å². The van der Waals surface area contributed by atoms with Crippen molar-refractivity contribution in [1.29, 1.82) is 10.8 Å². The summed E-state index contributed by atoms with van der Waals surface area (Å²) in [5.41, 5.74) is 13.9. The standard InChI is InChI=1S/C26H26ClN5O/c27-20-12-11-19-16-32-26(31)22(23(19)14-20)13-8-17-6-9-18(10-7-17)24(33)5-3-1-2-4-21(28)15-25(29)30/h6-7,9-12,14,16,28H,1-5,15H2,(H3,29,30)(H2,31,32). The lowest BCUT2D eigenvalue weighted by Crippen LogP contribution is -2.14. The van der Waals surface area contributed by atoms with E-state index in [1.54, 1.807) is 24.4 Å². The van der Waals surface area contributed by atoms with Gasteiger partial charge < -0.3 is 16.9 Å². The Hall–Kier alpha value is -3.69. The van der Waals surface area contributed by atoms with Crippen molar-refractivity contribution in [3.8, 4) is 11.8 Å². The fourth-order valence-electron chi connectivity index (χ4n) is 3.47. The van der Waals surface area contributed by atoms with Crippen molar-refractivity contribution in [2.24, 2.45) is 5.73 Å². The van der Waals surface area contributed by atoms with Crippen molar-refractivity contribution in [1.82, 2.24) is 4.98 Å². The first-order valence-corrected chi connectivity index (χ1v) is 11.1. The minimum absolute atomic E-state index is 0.0185. The number of hydrogen-bond acceptors (Lipinski definition) is 5. The number of carbonyl (C=O) groups is 1. The van der Waals surface area contributed by atoms with Gasteiger partial charge in [-0.3, -0.25) is 10.2 Å². The summed E-state index contributed by atoms with van der Waals surface area (Å²) in [6, 6.07) is 12.7. The maximum absolute atomic E-state index is 12.4. The lowest BCUT2D eigenvalue weighted by Gasteiger charge is -2.04. The number of ketones is 1. The van der Waals surface area contributed by atoms with E-state index in [1.807, 2.05) is 24.3 Å². The van der Waals surface area contributed by atoms with Gasteiger partial charge >= 0.3 is 0 Å². The van der Waals surface area contributed by atoms with Gasteiger partial charge in [-0.1, -0.05) is 48.1 Å². The minimum atomic E-state index is 0.0185. The molecule has 0 saturated carbocycles. The molecule has 0 aliphatic heterocycles. The Labute approximate surface area is 198 Å². The molecule has 0 bridgehead atoms. The van der Waals surface area contributed by atoms with E-state index in [0.29, 0.717) is 40.5 Å². The molecule has 0 amide bonds. The second-order valence-corrected chi connectivity index (χ2v) is 8.30. The van der Waals surface area contributed by atoms with Gasteiger partial charge in [0.25, 0.3) is 0 Å². The molecule has 0 saturated heterocycles. The van der Waals surface area contributed by atoms with Crippen molar-refractivity contribution in [3.05, 3.63) is 70.4 Å². The second-order valence-electron chi connectivity index (χ2n) is 7.87. The van der Waals surface area contributed by atoms with Gasteiger partial charge in [0.15, 0.2) is 5.78 Å². The Balaban J connectivity index is 1.58. The summed E-state index contributed by atoms with van der Waals surface area (Å²) in [5, 5.41) is 17.3. The van der Waals surface area contributed by atoms with Crippen molar-refractivity contribution in [3.63, 3.8) is 0 Å². The number of anilines is 1. The summed E-state index contributed by atoms with van der Waals surface area (Å²) < 4.78 is 0. The van der Waals surface area contributed by atoms with Gasteiger partial charge in [0.1, 0.15) is 5.82 Å². The highest BCUT2D eigenvalue weighted by atomic mass is 35.5. The van der Waals surface area contributed by atoms with Crippen LogP contribution >= 0.6 is 11.6 Å². The van der Waals surface area contributed by atoms with E-state index >= 15 is 0 Å². The first-order valence-electron chi connectivity index (χ1n) is 10.7. The van der Waals surface area contributed by atoms with Crippen LogP contribution in [0.3, 0.4) is 0 Å². The number of nitrogens with zero attached hydrogens (tertiary/aromatic N) is 1. The van der Waals surface area contributed by atoms with Crippen LogP contribution < -0.4 is 11.5 Å². The minimum Gasteiger partial charge on any atom is -0.387 e. The number of unbranched alkanes of at least 4 members (excludes halogenated alkanes) is 2. The van der Waals surface area contributed by atoms with Gasteiger partial charge in [-0.05, 0) is 43.5 Å². The van der Waals surface area contributed by atoms with Crippen LogP contribution in [-0.2, 0) is 0 Å². The van der Waals surface area contributed by atoms with E-state index in [4.69, 9.17) is 33.9 Å². The molecule has 3 aromatic rings. The number of carbonyl (C=O) groups excluding carboxylic acids is 1. The Bertz CT molecular complexity index is 1250. The number of Topliss-reactive ketones (excluding diaryl/α,β-unsaturated/α-hetero) is 1. The van der Waals surface area contributed by atoms with Crippen LogP contribution in [0, 0.1) is 22.7 Å². The van der Waals surface area contributed by atoms with Gasteiger partial charge in [-0.25, -0.2) is 4.98 Å². The van der Waals surface area contributed by atoms with Gasteiger partial charge in [0, 0.05) is 51.7 Å². The number of pyridine rings is 1. The quantitative estimate of drug-likeness (QED) is 0.113. The first-order chi connectivity index (χ1) is 15.8. The highest BCUT2D eigenvalue weighted by Gasteiger charge is 2.07. The van der Waals surface area contributed by atoms with Crippen molar-refractivity contribution >= 4 is 45.5 Å². The monoisotopic (exact) mass is 459 g/mol. The highest BCUT2D eigenvalue weighted by Crippen LogP contribution is 2.25. The number of nitrogens with two attached hydrogens (primary N) is 2. The van der Waals surface area contributed by atoms with Crippen LogP contribution in [0.25, 0.3) is 10.8 Å². The third-order valence-corrected chi connectivity index (χ3v) is 5.44. The smallest absolute Gasteiger partial charge is 0.162 e. The Morgan fingerprint density at radius 2 is 1.73 bits per heavy atom. The molecule has 6 N–H and O–H groups in total. The number of aromatic nitrogens is 1. The van der Waals surface area contributed by atoms with Crippen LogP contribution in [0.5, 0.6) is 0 Å². The molecule has 0 radical (unpaired) electrons. The van der Waals surface area contributed by atoms with E-state index in [0.717, 1.165) is 35.6 Å². The molecule has 0 spiro atoms. The van der Waals surface area contributed by atoms with E-state index in [1.165, 1.54) is 0 Å². The van der Waals surface area contributed by atoms with Crippen LogP contribution in [-0.4, -0.2) is 22.3 Å². The number of nitrogen functional groups attached to an aromatic ring is 1. The summed E-state index contributed by atoms with van der Waals surface area (Å²) in [7, 11) is 0. The lowest BCUT2D eigenvalue weighted by molar-refractivity contribution is 0.0979. The fourth-order valence-corrected chi connectivity index (χ4v) is 3.64. The van der Waals surface area contributed by atoms with Gasteiger partial charge in [-0.15, -0.1) is 0 Å². The average molecular weight is 460 g/mol. The van der Waals surface area contributed by atoms with Gasteiger partial charge in [0.05, 0.1) is 11.4 Å². The van der Waals surface area contributed by atoms with Crippen LogP contribution in [0.4, 0.5) is 5.82 Å². The number of fused-ring (bicyclic) bond motifs is 1. The molecular formula is C26H26ClN5O. The third kappa shape index (κ3) is 6.90. The molecule has 0 unspecified atom stereocenters. The molecule has 6 nitrogen and oxygen atoms in total. The van der Waals surface area contributed by atoms with Crippen molar-refractivity contribution in [2.75, 3.05) is 5.73 Å². The van der Waals surface area contributed by atoms with Gasteiger partial charge in [0.2, 0.25) is 0 Å². The molecule has 3 rings (SSSR count). The number of halogens is 1. The molecular weight excluding hydrogens is 434 g/mol. The van der Waals surface area contributed by atoms with Crippen molar-refractivity contribution < 1.29 is 4.79 Å². The Morgan fingerprint density at radius 1 is 1.00 bits per heavy atom. The fraction of sp³-hybridized carbons (Fsp3) is 0.231. The number of amidine groups is 1. The number of benzene rings is 2. The van der Waals surface area contributed by atoms with E-state index in [-0.39, 0.29) is 18.0 Å². The topological polar surface area (TPSA) is 130 Å². The zero-order chi connectivity index (χ0) is 23.8.